The molecule has 2 nitrogen and oxygen atoms in total. The van der Waals surface area contributed by atoms with Crippen LogP contribution >= 0.6 is 0 Å². The van der Waals surface area contributed by atoms with Gasteiger partial charge in [0.2, 0.25) is 0 Å². The van der Waals surface area contributed by atoms with Crippen molar-refractivity contribution in [2.75, 3.05) is 31.5 Å². The van der Waals surface area contributed by atoms with Crippen LogP contribution in [0.1, 0.15) is 30.7 Å². The number of likely N-dealkylation sites (tertiary alicyclic amines) is 1. The molecule has 2 aliphatic rings. The van der Waals surface area contributed by atoms with Crippen LogP contribution in [0.5, 0.6) is 0 Å². The van der Waals surface area contributed by atoms with Gasteiger partial charge in [-0.15, -0.1) is 0 Å². The molecule has 0 bridgehead atoms. The molecule has 2 heterocycles. The van der Waals surface area contributed by atoms with Gasteiger partial charge in [0.05, 0.1) is 0 Å². The van der Waals surface area contributed by atoms with E-state index in [0.29, 0.717) is 5.92 Å². The second-order valence-corrected chi connectivity index (χ2v) is 5.15. The fourth-order valence-electron chi connectivity index (χ4n) is 3.04. The van der Waals surface area contributed by atoms with Crippen LogP contribution in [-0.4, -0.2) is 31.1 Å². The third kappa shape index (κ3) is 2.29. The maximum absolute atomic E-state index is 13.3. The van der Waals surface area contributed by atoms with Gasteiger partial charge in [0.15, 0.2) is 0 Å². The Labute approximate surface area is 102 Å². The Hall–Kier alpha value is -1.09. The summed E-state index contributed by atoms with van der Waals surface area (Å²) >= 11 is 0. The number of nitrogens with one attached hydrogen (secondary N) is 1. The summed E-state index contributed by atoms with van der Waals surface area (Å²) in [7, 11) is 0. The fourth-order valence-corrected chi connectivity index (χ4v) is 3.04. The zero-order chi connectivity index (χ0) is 11.7. The highest BCUT2D eigenvalue weighted by Crippen LogP contribution is 2.33. The third-order valence-electron chi connectivity index (χ3n) is 3.94. The summed E-state index contributed by atoms with van der Waals surface area (Å²) in [5, 5.41) is 3.36. The van der Waals surface area contributed by atoms with Crippen molar-refractivity contribution in [3.05, 3.63) is 29.6 Å². The summed E-state index contributed by atoms with van der Waals surface area (Å²) in [5.41, 5.74) is 2.30. The standard InChI is InChI=1S/C14H19FN2/c15-12-3-4-14-13(9-12)11(5-6-16-14)10-17-7-1-2-8-17/h3-4,9,11,16H,1-2,5-8,10H2. The van der Waals surface area contributed by atoms with Crippen LogP contribution in [0.15, 0.2) is 18.2 Å². The highest BCUT2D eigenvalue weighted by molar-refractivity contribution is 5.55. The van der Waals surface area contributed by atoms with Crippen LogP contribution in [0.3, 0.4) is 0 Å². The number of halogens is 1. The predicted octanol–water partition coefficient (Wildman–Crippen LogP) is 2.82. The van der Waals surface area contributed by atoms with E-state index in [2.05, 4.69) is 10.2 Å². The van der Waals surface area contributed by atoms with Crippen LogP contribution < -0.4 is 5.32 Å². The predicted molar refractivity (Wildman–Crippen MR) is 67.9 cm³/mol. The number of fused-ring (bicyclic) bond motifs is 1. The average Bonchev–Trinajstić information content (AvgIpc) is 2.83. The van der Waals surface area contributed by atoms with Crippen LogP contribution in [-0.2, 0) is 0 Å². The van der Waals surface area contributed by atoms with E-state index < -0.39 is 0 Å². The topological polar surface area (TPSA) is 15.3 Å². The van der Waals surface area contributed by atoms with Crippen LogP contribution in [0, 0.1) is 5.82 Å². The Morgan fingerprint density at radius 1 is 1.29 bits per heavy atom. The summed E-state index contributed by atoms with van der Waals surface area (Å²) in [4.78, 5) is 2.52. The van der Waals surface area contributed by atoms with Gasteiger partial charge in [0.1, 0.15) is 5.82 Å². The van der Waals surface area contributed by atoms with Crippen molar-refractivity contribution in [1.82, 2.24) is 4.90 Å². The van der Waals surface area contributed by atoms with Crippen LogP contribution in [0.25, 0.3) is 0 Å². The van der Waals surface area contributed by atoms with E-state index in [9.17, 15) is 4.39 Å². The largest absolute Gasteiger partial charge is 0.385 e. The molecule has 1 aromatic carbocycles. The lowest BCUT2D eigenvalue weighted by Gasteiger charge is -2.30. The van der Waals surface area contributed by atoms with Gasteiger partial charge in [-0.2, -0.15) is 0 Å². The number of benzene rings is 1. The first kappa shape index (κ1) is 11.0. The molecule has 3 rings (SSSR count). The Bertz CT molecular complexity index is 399. The van der Waals surface area contributed by atoms with Gasteiger partial charge in [0.25, 0.3) is 0 Å². The second-order valence-electron chi connectivity index (χ2n) is 5.15. The van der Waals surface area contributed by atoms with Gasteiger partial charge in [-0.25, -0.2) is 4.39 Å². The molecule has 17 heavy (non-hydrogen) atoms. The average molecular weight is 234 g/mol. The van der Waals surface area contributed by atoms with E-state index in [-0.39, 0.29) is 5.82 Å². The highest BCUT2D eigenvalue weighted by atomic mass is 19.1. The van der Waals surface area contributed by atoms with Crippen molar-refractivity contribution in [3.8, 4) is 0 Å². The molecule has 1 aromatic rings. The number of hydrogen-bond acceptors (Lipinski definition) is 2. The zero-order valence-corrected chi connectivity index (χ0v) is 10.1. The van der Waals surface area contributed by atoms with E-state index >= 15 is 0 Å². The monoisotopic (exact) mass is 234 g/mol. The van der Waals surface area contributed by atoms with E-state index in [1.807, 2.05) is 6.07 Å². The molecule has 0 amide bonds. The van der Waals surface area contributed by atoms with Crippen LogP contribution in [0.4, 0.5) is 10.1 Å². The van der Waals surface area contributed by atoms with Crippen molar-refractivity contribution in [3.63, 3.8) is 0 Å². The molecule has 3 heteroatoms. The lowest BCUT2D eigenvalue weighted by molar-refractivity contribution is 0.307. The first-order valence-corrected chi connectivity index (χ1v) is 6.58. The number of hydrogen-bond donors (Lipinski definition) is 1. The molecule has 1 atom stereocenters. The Balaban J connectivity index is 1.80. The maximum Gasteiger partial charge on any atom is 0.123 e. The van der Waals surface area contributed by atoms with Crippen LogP contribution in [0.2, 0.25) is 0 Å². The van der Waals surface area contributed by atoms with E-state index in [0.717, 1.165) is 25.2 Å². The van der Waals surface area contributed by atoms with E-state index in [1.165, 1.54) is 31.5 Å². The lowest BCUT2D eigenvalue weighted by Crippen LogP contribution is -2.29. The van der Waals surface area contributed by atoms with E-state index in [4.69, 9.17) is 0 Å². The first-order chi connectivity index (χ1) is 8.33. The number of rotatable bonds is 2. The van der Waals surface area contributed by atoms with Gasteiger partial charge in [0, 0.05) is 24.7 Å². The first-order valence-electron chi connectivity index (χ1n) is 6.58. The molecular weight excluding hydrogens is 215 g/mol. The van der Waals surface area contributed by atoms with Crippen molar-refractivity contribution in [1.29, 1.82) is 0 Å². The molecule has 0 aliphatic carbocycles. The smallest absolute Gasteiger partial charge is 0.123 e. The lowest BCUT2D eigenvalue weighted by atomic mass is 9.90. The number of anilines is 1. The SMILES string of the molecule is Fc1ccc2c(c1)C(CN1CCCC1)CCN2. The minimum atomic E-state index is -0.112. The van der Waals surface area contributed by atoms with Gasteiger partial charge in [-0.3, -0.25) is 0 Å². The van der Waals surface area contributed by atoms with Gasteiger partial charge in [-0.1, -0.05) is 0 Å². The Kier molecular flexibility index (Phi) is 3.02. The molecule has 2 aliphatic heterocycles. The molecule has 0 radical (unpaired) electrons. The van der Waals surface area contributed by atoms with Crippen molar-refractivity contribution < 1.29 is 4.39 Å². The molecule has 1 saturated heterocycles. The Morgan fingerprint density at radius 2 is 2.12 bits per heavy atom. The van der Waals surface area contributed by atoms with Gasteiger partial charge < -0.3 is 10.2 Å². The molecule has 92 valence electrons. The summed E-state index contributed by atoms with van der Waals surface area (Å²) in [6, 6.07) is 5.13. The fraction of sp³-hybridized carbons (Fsp3) is 0.571. The minimum Gasteiger partial charge on any atom is -0.385 e. The molecule has 0 aromatic heterocycles. The summed E-state index contributed by atoms with van der Waals surface area (Å²) in [6.07, 6.45) is 3.76. The van der Waals surface area contributed by atoms with Crippen molar-refractivity contribution in [2.24, 2.45) is 0 Å². The number of nitrogens with zero attached hydrogens (tertiary/aromatic N) is 1. The summed E-state index contributed by atoms with van der Waals surface area (Å²) in [5.74, 6) is 0.388. The second kappa shape index (κ2) is 4.65. The summed E-state index contributed by atoms with van der Waals surface area (Å²) < 4.78 is 13.3. The normalized spacial score (nSPS) is 24.4. The quantitative estimate of drug-likeness (QED) is 0.846. The van der Waals surface area contributed by atoms with Crippen molar-refractivity contribution >= 4 is 5.69 Å². The van der Waals surface area contributed by atoms with Gasteiger partial charge >= 0.3 is 0 Å². The zero-order valence-electron chi connectivity index (χ0n) is 10.1. The molecule has 1 unspecified atom stereocenters. The molecular formula is C14H19FN2. The minimum absolute atomic E-state index is 0.112. The van der Waals surface area contributed by atoms with Gasteiger partial charge in [-0.05, 0) is 56.1 Å². The third-order valence-corrected chi connectivity index (χ3v) is 3.94. The molecule has 1 N–H and O–H groups in total. The highest BCUT2D eigenvalue weighted by Gasteiger charge is 2.24. The summed E-state index contributed by atoms with van der Waals surface area (Å²) in [6.45, 7) is 4.54. The van der Waals surface area contributed by atoms with Crippen molar-refractivity contribution in [2.45, 2.75) is 25.2 Å². The molecule has 1 fully saturated rings. The Morgan fingerprint density at radius 3 is 2.94 bits per heavy atom. The van der Waals surface area contributed by atoms with E-state index in [1.54, 1.807) is 12.1 Å². The molecule has 0 saturated carbocycles. The maximum atomic E-state index is 13.3. The molecule has 0 spiro atoms.